The standard InChI is InChI=1S/C14H34O5Si4.C3H5NO/c1-20(2,3)17-23(18-21(4,5)6,19-22(7,8)9)13-11-10-12-14(15)16;1-2-3(4)5/h10,12H,11,13H2,1-9H3,(H,15,16);2H,1H2,(H2,4,5). The van der Waals surface area contributed by atoms with Crippen molar-refractivity contribution in [2.45, 2.75) is 71.4 Å². The van der Waals surface area contributed by atoms with Crippen molar-refractivity contribution in [3.63, 3.8) is 0 Å². The van der Waals surface area contributed by atoms with Crippen LogP contribution in [0.3, 0.4) is 0 Å². The van der Waals surface area contributed by atoms with E-state index in [1.807, 2.05) is 0 Å². The number of aliphatic carboxylic acids is 1. The van der Waals surface area contributed by atoms with Gasteiger partial charge in [-0.05, 0) is 71.4 Å². The Hall–Kier alpha value is -0.832. The molecule has 0 radical (unpaired) electrons. The third kappa shape index (κ3) is 19.9. The van der Waals surface area contributed by atoms with Crippen LogP contribution in [0.15, 0.2) is 24.8 Å². The fourth-order valence-corrected chi connectivity index (χ4v) is 16.6. The summed E-state index contributed by atoms with van der Waals surface area (Å²) in [6, 6.07) is 0.635. The molecular weight excluding hydrogens is 427 g/mol. The maximum absolute atomic E-state index is 10.7. The van der Waals surface area contributed by atoms with Gasteiger partial charge in [0.15, 0.2) is 25.0 Å². The lowest BCUT2D eigenvalue weighted by atomic mass is 10.4. The smallest absolute Gasteiger partial charge is 0.469 e. The van der Waals surface area contributed by atoms with E-state index in [0.29, 0.717) is 12.5 Å². The number of rotatable bonds is 11. The van der Waals surface area contributed by atoms with E-state index < -0.39 is 45.6 Å². The normalized spacial score (nSPS) is 13.0. The maximum atomic E-state index is 10.7. The fourth-order valence-electron chi connectivity index (χ4n) is 2.06. The monoisotopic (exact) mass is 465 g/mol. The van der Waals surface area contributed by atoms with Crippen molar-refractivity contribution >= 4 is 45.6 Å². The molecule has 1 amide bonds. The Morgan fingerprint density at radius 1 is 0.893 bits per heavy atom. The zero-order chi connectivity index (χ0) is 22.8. The second-order valence-corrected chi connectivity index (χ2v) is 26.2. The Bertz CT molecular complexity index is 507. The van der Waals surface area contributed by atoms with Crippen molar-refractivity contribution in [2.24, 2.45) is 5.73 Å². The lowest BCUT2D eigenvalue weighted by Gasteiger charge is -2.42. The predicted molar refractivity (Wildman–Crippen MR) is 125 cm³/mol. The number of allylic oxidation sites excluding steroid dienone is 1. The van der Waals surface area contributed by atoms with Gasteiger partial charge >= 0.3 is 14.8 Å². The Labute approximate surface area is 174 Å². The molecule has 0 spiro atoms. The third-order valence-corrected chi connectivity index (χ3v) is 14.4. The summed E-state index contributed by atoms with van der Waals surface area (Å²) in [5, 5.41) is 8.75. The highest BCUT2D eigenvalue weighted by Crippen LogP contribution is 2.29. The van der Waals surface area contributed by atoms with Crippen LogP contribution in [0.5, 0.6) is 0 Å². The van der Waals surface area contributed by atoms with Crippen LogP contribution in [-0.2, 0) is 21.9 Å². The molecule has 7 nitrogen and oxygen atoms in total. The van der Waals surface area contributed by atoms with E-state index in [9.17, 15) is 9.59 Å². The number of amides is 1. The zero-order valence-electron chi connectivity index (χ0n) is 18.9. The predicted octanol–water partition coefficient (Wildman–Crippen LogP) is 4.17. The fraction of sp³-hybridized carbons (Fsp3) is 0.647. The summed E-state index contributed by atoms with van der Waals surface area (Å²) in [7, 11) is -8.41. The van der Waals surface area contributed by atoms with Gasteiger partial charge in [0.2, 0.25) is 5.91 Å². The summed E-state index contributed by atoms with van der Waals surface area (Å²) in [5.74, 6) is -1.41. The molecule has 0 aliphatic rings. The Kier molecular flexibility index (Phi) is 12.6. The van der Waals surface area contributed by atoms with E-state index in [1.54, 1.807) is 6.08 Å². The molecule has 0 unspecified atom stereocenters. The van der Waals surface area contributed by atoms with Crippen LogP contribution in [0.1, 0.15) is 6.42 Å². The van der Waals surface area contributed by atoms with Gasteiger partial charge in [0, 0.05) is 12.1 Å². The molecule has 0 rings (SSSR count). The van der Waals surface area contributed by atoms with Crippen molar-refractivity contribution in [3.05, 3.63) is 24.8 Å². The molecule has 0 aromatic carbocycles. The molecule has 28 heavy (non-hydrogen) atoms. The number of nitrogens with two attached hydrogens (primary N) is 1. The number of carboxylic acids is 1. The molecule has 0 saturated carbocycles. The molecule has 0 aliphatic heterocycles. The van der Waals surface area contributed by atoms with Crippen LogP contribution in [0.2, 0.25) is 65.0 Å². The van der Waals surface area contributed by atoms with Crippen LogP contribution in [0.4, 0.5) is 0 Å². The second-order valence-electron chi connectivity index (χ2n) is 9.21. The highest BCUT2D eigenvalue weighted by Gasteiger charge is 2.49. The Morgan fingerprint density at radius 3 is 1.43 bits per heavy atom. The number of hydrogen-bond acceptors (Lipinski definition) is 5. The summed E-state index contributed by atoms with van der Waals surface area (Å²) in [4.78, 5) is 20.1. The van der Waals surface area contributed by atoms with Gasteiger partial charge in [-0.15, -0.1) is 0 Å². The average Bonchev–Trinajstić information content (AvgIpc) is 2.38. The van der Waals surface area contributed by atoms with Crippen molar-refractivity contribution in [1.29, 1.82) is 0 Å². The van der Waals surface area contributed by atoms with Crippen LogP contribution in [-0.4, -0.2) is 50.7 Å². The SMILES string of the molecule is C=CC(N)=O.C[Si](C)(C)O[Si](CCC=CC(=O)O)(O[Si](C)(C)C)O[Si](C)(C)C. The summed E-state index contributed by atoms with van der Waals surface area (Å²) >= 11 is 0. The molecule has 0 fully saturated rings. The van der Waals surface area contributed by atoms with Crippen LogP contribution >= 0.6 is 0 Å². The molecule has 0 atom stereocenters. The summed E-state index contributed by atoms with van der Waals surface area (Å²) < 4.78 is 19.5. The number of hydrogen-bond donors (Lipinski definition) is 2. The van der Waals surface area contributed by atoms with E-state index in [-0.39, 0.29) is 0 Å². The first-order valence-electron chi connectivity index (χ1n) is 9.23. The largest absolute Gasteiger partial charge is 0.478 e. The van der Waals surface area contributed by atoms with Crippen LogP contribution in [0, 0.1) is 0 Å². The summed E-state index contributed by atoms with van der Waals surface area (Å²) in [5.41, 5.74) is 4.53. The quantitative estimate of drug-likeness (QED) is 0.350. The van der Waals surface area contributed by atoms with Gasteiger partial charge in [-0.1, -0.05) is 12.7 Å². The Morgan fingerprint density at radius 2 is 1.21 bits per heavy atom. The number of primary amides is 1. The molecule has 164 valence electrons. The molecule has 0 aromatic rings. The lowest BCUT2D eigenvalue weighted by molar-refractivity contribution is -0.131. The van der Waals surface area contributed by atoms with E-state index in [4.69, 9.17) is 17.5 Å². The minimum absolute atomic E-state index is 0.481. The van der Waals surface area contributed by atoms with Crippen molar-refractivity contribution in [1.82, 2.24) is 0 Å². The van der Waals surface area contributed by atoms with Crippen LogP contribution in [0.25, 0.3) is 0 Å². The van der Waals surface area contributed by atoms with Crippen molar-refractivity contribution < 1.29 is 27.0 Å². The van der Waals surface area contributed by atoms with Crippen molar-refractivity contribution in [2.75, 3.05) is 0 Å². The van der Waals surface area contributed by atoms with E-state index in [0.717, 1.165) is 6.08 Å². The van der Waals surface area contributed by atoms with E-state index in [1.165, 1.54) is 6.08 Å². The molecular formula is C17H39NO6Si4. The van der Waals surface area contributed by atoms with Gasteiger partial charge in [0.1, 0.15) is 0 Å². The minimum Gasteiger partial charge on any atom is -0.478 e. The molecule has 0 saturated heterocycles. The number of carbonyl (C=O) groups is 2. The average molecular weight is 466 g/mol. The van der Waals surface area contributed by atoms with Gasteiger partial charge in [-0.3, -0.25) is 4.79 Å². The first-order chi connectivity index (χ1) is 12.3. The topological polar surface area (TPSA) is 108 Å². The van der Waals surface area contributed by atoms with Gasteiger partial charge in [0.25, 0.3) is 0 Å². The molecule has 0 aromatic heterocycles. The van der Waals surface area contributed by atoms with Crippen molar-refractivity contribution in [3.8, 4) is 0 Å². The summed E-state index contributed by atoms with van der Waals surface area (Å²) in [6.07, 6.45) is 4.49. The highest BCUT2D eigenvalue weighted by atomic mass is 28.5. The van der Waals surface area contributed by atoms with E-state index >= 15 is 0 Å². The molecule has 3 N–H and O–H groups in total. The van der Waals surface area contributed by atoms with Gasteiger partial charge in [-0.2, -0.15) is 0 Å². The molecule has 11 heteroatoms. The first kappa shape index (κ1) is 29.4. The van der Waals surface area contributed by atoms with Crippen LogP contribution < -0.4 is 5.73 Å². The van der Waals surface area contributed by atoms with Gasteiger partial charge in [-0.25, -0.2) is 4.79 Å². The summed E-state index contributed by atoms with van der Waals surface area (Å²) in [6.45, 7) is 22.4. The Balaban J connectivity index is 0. The van der Waals surface area contributed by atoms with Gasteiger partial charge in [0.05, 0.1) is 0 Å². The third-order valence-electron chi connectivity index (χ3n) is 2.46. The highest BCUT2D eigenvalue weighted by molar-refractivity contribution is 6.90. The molecule has 0 bridgehead atoms. The zero-order valence-corrected chi connectivity index (χ0v) is 22.9. The minimum atomic E-state index is -2.83. The number of carboxylic acid groups (broad SMARTS) is 1. The van der Waals surface area contributed by atoms with Gasteiger partial charge < -0.3 is 23.2 Å². The molecule has 0 heterocycles. The molecule has 0 aliphatic carbocycles. The number of carbonyl (C=O) groups excluding carboxylic acids is 1. The van der Waals surface area contributed by atoms with E-state index in [2.05, 4.69) is 71.2 Å². The first-order valence-corrected chi connectivity index (χ1v) is 21.4. The maximum Gasteiger partial charge on any atom is 0.469 e. The second kappa shape index (κ2) is 12.0. The lowest BCUT2D eigenvalue weighted by Crippen LogP contribution is -2.60.